The van der Waals surface area contributed by atoms with Gasteiger partial charge in [-0.2, -0.15) is 0 Å². The largest absolute Gasteiger partial charge is 0.489 e. The molecule has 120 valence electrons. The third kappa shape index (κ3) is 4.73. The van der Waals surface area contributed by atoms with E-state index in [0.29, 0.717) is 6.61 Å². The van der Waals surface area contributed by atoms with E-state index in [9.17, 15) is 5.11 Å². The molecule has 0 fully saturated rings. The van der Waals surface area contributed by atoms with Gasteiger partial charge in [0.1, 0.15) is 12.4 Å². The lowest BCUT2D eigenvalue weighted by Gasteiger charge is -2.24. The average molecular weight is 322 g/mol. The van der Waals surface area contributed by atoms with Gasteiger partial charge in [0.25, 0.3) is 0 Å². The summed E-state index contributed by atoms with van der Waals surface area (Å²) in [4.78, 5) is 0. The summed E-state index contributed by atoms with van der Waals surface area (Å²) < 4.78 is 5.88. The Labute approximate surface area is 138 Å². The number of aliphatic hydroxyl groups is 1. The molecule has 3 N–H and O–H groups in total. The Kier molecular flexibility index (Phi) is 7.39. The zero-order chi connectivity index (χ0) is 15.2. The van der Waals surface area contributed by atoms with Crippen molar-refractivity contribution in [3.05, 3.63) is 65.7 Å². The van der Waals surface area contributed by atoms with Crippen LogP contribution in [0.1, 0.15) is 31.0 Å². The van der Waals surface area contributed by atoms with Crippen molar-refractivity contribution in [3.63, 3.8) is 0 Å². The van der Waals surface area contributed by atoms with Crippen LogP contribution in [0.3, 0.4) is 0 Å². The van der Waals surface area contributed by atoms with Crippen molar-refractivity contribution >= 4 is 12.4 Å². The molecule has 0 radical (unpaired) electrons. The summed E-state index contributed by atoms with van der Waals surface area (Å²) in [5.41, 5.74) is 8.12. The Morgan fingerprint density at radius 1 is 1.00 bits per heavy atom. The van der Waals surface area contributed by atoms with E-state index in [4.69, 9.17) is 10.5 Å². The maximum atomic E-state index is 10.2. The summed E-state index contributed by atoms with van der Waals surface area (Å²) in [6.07, 6.45) is -0.591. The minimum Gasteiger partial charge on any atom is -0.489 e. The van der Waals surface area contributed by atoms with Gasteiger partial charge in [0, 0.05) is 5.56 Å². The molecule has 0 heterocycles. The Morgan fingerprint density at radius 3 is 2.23 bits per heavy atom. The van der Waals surface area contributed by atoms with Crippen molar-refractivity contribution in [2.24, 2.45) is 11.7 Å². The van der Waals surface area contributed by atoms with Crippen molar-refractivity contribution in [3.8, 4) is 5.75 Å². The summed E-state index contributed by atoms with van der Waals surface area (Å²) in [7, 11) is 0. The van der Waals surface area contributed by atoms with Gasteiger partial charge in [-0.25, -0.2) is 0 Å². The third-order valence-corrected chi connectivity index (χ3v) is 3.57. The van der Waals surface area contributed by atoms with Gasteiger partial charge < -0.3 is 15.6 Å². The number of ether oxygens (including phenoxy) is 1. The minimum atomic E-state index is -0.591. The smallest absolute Gasteiger partial charge is 0.124 e. The predicted octanol–water partition coefficient (Wildman–Crippen LogP) is 3.70. The second-order valence-electron chi connectivity index (χ2n) is 5.57. The highest BCUT2D eigenvalue weighted by Gasteiger charge is 2.22. The van der Waals surface area contributed by atoms with Crippen molar-refractivity contribution in [1.29, 1.82) is 0 Å². The van der Waals surface area contributed by atoms with E-state index in [1.54, 1.807) is 0 Å². The molecule has 0 aliphatic heterocycles. The van der Waals surface area contributed by atoms with Crippen molar-refractivity contribution in [1.82, 2.24) is 0 Å². The fraction of sp³-hybridized carbons (Fsp3) is 0.333. The molecule has 0 bridgehead atoms. The first-order valence-electron chi connectivity index (χ1n) is 7.29. The maximum absolute atomic E-state index is 10.2. The van der Waals surface area contributed by atoms with Gasteiger partial charge in [0.15, 0.2) is 0 Å². The van der Waals surface area contributed by atoms with Crippen molar-refractivity contribution in [2.45, 2.75) is 32.6 Å². The fourth-order valence-electron chi connectivity index (χ4n) is 2.22. The first-order valence-corrected chi connectivity index (χ1v) is 7.29. The Morgan fingerprint density at radius 2 is 1.59 bits per heavy atom. The van der Waals surface area contributed by atoms with Crippen LogP contribution in [0.5, 0.6) is 5.75 Å². The summed E-state index contributed by atoms with van der Waals surface area (Å²) >= 11 is 0. The summed E-state index contributed by atoms with van der Waals surface area (Å²) in [5, 5.41) is 10.2. The molecule has 0 saturated heterocycles. The minimum absolute atomic E-state index is 0. The zero-order valence-corrected chi connectivity index (χ0v) is 13.8. The molecule has 22 heavy (non-hydrogen) atoms. The highest BCUT2D eigenvalue weighted by molar-refractivity contribution is 5.85. The van der Waals surface area contributed by atoms with Crippen LogP contribution in [0.15, 0.2) is 54.6 Å². The van der Waals surface area contributed by atoms with E-state index in [0.717, 1.165) is 16.9 Å². The molecule has 3 nitrogen and oxygen atoms in total. The second-order valence-corrected chi connectivity index (χ2v) is 5.57. The zero-order valence-electron chi connectivity index (χ0n) is 13.0. The molecule has 0 aliphatic rings. The molecule has 0 saturated carbocycles. The van der Waals surface area contributed by atoms with Gasteiger partial charge in [-0.1, -0.05) is 62.4 Å². The Hall–Kier alpha value is -1.55. The first-order chi connectivity index (χ1) is 10.1. The van der Waals surface area contributed by atoms with Crippen LogP contribution in [0.25, 0.3) is 0 Å². The SMILES string of the molecule is CC(C)[C@@H](O)[C@@H](N)c1ccccc1OCc1ccccc1.Cl. The van der Waals surface area contributed by atoms with E-state index in [-0.39, 0.29) is 18.3 Å². The molecule has 0 amide bonds. The number of benzene rings is 2. The van der Waals surface area contributed by atoms with Crippen LogP contribution in [-0.2, 0) is 6.61 Å². The van der Waals surface area contributed by atoms with Gasteiger partial charge >= 0.3 is 0 Å². The van der Waals surface area contributed by atoms with Gasteiger partial charge in [-0.3, -0.25) is 0 Å². The highest BCUT2D eigenvalue weighted by atomic mass is 35.5. The number of halogens is 1. The van der Waals surface area contributed by atoms with E-state index in [1.807, 2.05) is 68.4 Å². The molecule has 0 aliphatic carbocycles. The number of nitrogens with two attached hydrogens (primary N) is 1. The number of hydrogen-bond donors (Lipinski definition) is 2. The number of rotatable bonds is 6. The molecule has 0 aromatic heterocycles. The lowest BCUT2D eigenvalue weighted by Crippen LogP contribution is -2.30. The summed E-state index contributed by atoms with van der Waals surface area (Å²) in [5.74, 6) is 0.829. The van der Waals surface area contributed by atoms with E-state index >= 15 is 0 Å². The second kappa shape index (κ2) is 8.79. The van der Waals surface area contributed by atoms with Crippen LogP contribution in [-0.4, -0.2) is 11.2 Å². The molecular weight excluding hydrogens is 298 g/mol. The van der Waals surface area contributed by atoms with Gasteiger partial charge in [-0.15, -0.1) is 12.4 Å². The lowest BCUT2D eigenvalue weighted by atomic mass is 9.94. The summed E-state index contributed by atoms with van der Waals surface area (Å²) in [6, 6.07) is 17.2. The number of hydrogen-bond acceptors (Lipinski definition) is 3. The highest BCUT2D eigenvalue weighted by Crippen LogP contribution is 2.28. The molecule has 2 atom stereocenters. The van der Waals surface area contributed by atoms with E-state index < -0.39 is 12.1 Å². The third-order valence-electron chi connectivity index (χ3n) is 3.57. The molecule has 2 aromatic carbocycles. The van der Waals surface area contributed by atoms with Crippen molar-refractivity contribution < 1.29 is 9.84 Å². The first kappa shape index (κ1) is 18.5. The molecule has 2 aromatic rings. The van der Waals surface area contributed by atoms with Gasteiger partial charge in [-0.05, 0) is 17.5 Å². The standard InChI is InChI=1S/C18H23NO2.ClH/c1-13(2)18(20)17(19)15-10-6-7-11-16(15)21-12-14-8-4-3-5-9-14;/h3-11,13,17-18,20H,12,19H2,1-2H3;1H/t17-,18+;/m0./s1. The lowest BCUT2D eigenvalue weighted by molar-refractivity contribution is 0.0965. The van der Waals surface area contributed by atoms with Crippen molar-refractivity contribution in [2.75, 3.05) is 0 Å². The molecular formula is C18H24ClNO2. The quantitative estimate of drug-likeness (QED) is 0.853. The molecule has 0 spiro atoms. The average Bonchev–Trinajstić information content (AvgIpc) is 2.52. The van der Waals surface area contributed by atoms with Gasteiger partial charge in [0.2, 0.25) is 0 Å². The molecule has 4 heteroatoms. The topological polar surface area (TPSA) is 55.5 Å². The molecule has 2 rings (SSSR count). The van der Waals surface area contributed by atoms with Crippen LogP contribution >= 0.6 is 12.4 Å². The van der Waals surface area contributed by atoms with Crippen LogP contribution in [0, 0.1) is 5.92 Å². The summed E-state index contributed by atoms with van der Waals surface area (Å²) in [6.45, 7) is 4.40. The van der Waals surface area contributed by atoms with Gasteiger partial charge in [0.05, 0.1) is 12.1 Å². The number of aliphatic hydroxyl groups excluding tert-OH is 1. The van der Waals surface area contributed by atoms with Crippen LogP contribution in [0.4, 0.5) is 0 Å². The Balaban J connectivity index is 0.00000242. The normalized spacial score (nSPS) is 13.3. The van der Waals surface area contributed by atoms with Crippen LogP contribution < -0.4 is 10.5 Å². The van der Waals surface area contributed by atoms with Crippen LogP contribution in [0.2, 0.25) is 0 Å². The maximum Gasteiger partial charge on any atom is 0.124 e. The fourth-order valence-corrected chi connectivity index (χ4v) is 2.22. The van der Waals surface area contributed by atoms with E-state index in [2.05, 4.69) is 0 Å². The van der Waals surface area contributed by atoms with E-state index in [1.165, 1.54) is 0 Å². The number of para-hydroxylation sites is 1. The molecule has 0 unspecified atom stereocenters. The monoisotopic (exact) mass is 321 g/mol. The Bertz CT molecular complexity index is 560. The predicted molar refractivity (Wildman–Crippen MR) is 92.2 cm³/mol.